The summed E-state index contributed by atoms with van der Waals surface area (Å²) in [4.78, 5) is 53.8. The summed E-state index contributed by atoms with van der Waals surface area (Å²) in [7, 11) is 3.03. The van der Waals surface area contributed by atoms with E-state index < -0.39 is 5.92 Å². The molecule has 7 rings (SSSR count). The minimum absolute atomic E-state index is 0.226. The molecule has 0 fully saturated rings. The zero-order valence-electron chi connectivity index (χ0n) is 17.3. The molecule has 0 saturated carbocycles. The van der Waals surface area contributed by atoms with Crippen molar-refractivity contribution >= 4 is 34.8 Å². The molecular weight excluding hydrogens is 404 g/mol. The minimum Gasteiger partial charge on any atom is -0.281 e. The van der Waals surface area contributed by atoms with Gasteiger partial charge < -0.3 is 0 Å². The highest BCUT2D eigenvalue weighted by Crippen LogP contribution is 2.49. The van der Waals surface area contributed by atoms with Crippen molar-refractivity contribution in [1.29, 1.82) is 0 Å². The van der Waals surface area contributed by atoms with Gasteiger partial charge in [-0.2, -0.15) is 0 Å². The van der Waals surface area contributed by atoms with Gasteiger partial charge in [-0.15, -0.1) is 0 Å². The van der Waals surface area contributed by atoms with Gasteiger partial charge in [0.2, 0.25) is 5.91 Å². The highest BCUT2D eigenvalue weighted by molar-refractivity contribution is 6.20. The number of hydrogen-bond acceptors (Lipinski definition) is 4. The number of benzene rings is 1. The van der Waals surface area contributed by atoms with Crippen LogP contribution in [-0.2, 0) is 14.4 Å². The van der Waals surface area contributed by atoms with E-state index in [9.17, 15) is 19.2 Å². The molecule has 6 aliphatic rings. The minimum atomic E-state index is -0.493. The molecule has 0 aromatic heterocycles. The van der Waals surface area contributed by atoms with E-state index in [-0.39, 0.29) is 29.5 Å². The molecule has 6 heteroatoms. The number of imide groups is 2. The Kier molecular flexibility index (Phi) is 2.97. The first kappa shape index (κ1) is 17.6. The van der Waals surface area contributed by atoms with Crippen molar-refractivity contribution in [3.05, 3.63) is 92.4 Å². The number of likely N-dealkylation sites (N-methyl/N-ethyl adjacent to an activating group) is 2. The number of fused-ring (bicyclic) bond motifs is 1. The van der Waals surface area contributed by atoms with E-state index in [0.29, 0.717) is 16.7 Å². The van der Waals surface area contributed by atoms with Crippen LogP contribution in [-0.4, -0.2) is 47.5 Å². The first-order valence-corrected chi connectivity index (χ1v) is 10.5. The Morgan fingerprint density at radius 2 is 1.62 bits per heavy atom. The molecule has 2 unspecified atom stereocenters. The third-order valence-electron chi connectivity index (χ3n) is 7.46. The smallest absolute Gasteiger partial charge is 0.260 e. The van der Waals surface area contributed by atoms with Crippen molar-refractivity contribution in [1.82, 2.24) is 9.80 Å². The van der Waals surface area contributed by atoms with Crippen LogP contribution in [0.25, 0.3) is 11.1 Å². The maximum atomic E-state index is 12.9. The van der Waals surface area contributed by atoms with Gasteiger partial charge in [-0.3, -0.25) is 29.0 Å². The number of amides is 4. The zero-order valence-corrected chi connectivity index (χ0v) is 17.3. The van der Waals surface area contributed by atoms with Crippen molar-refractivity contribution < 1.29 is 19.2 Å². The lowest BCUT2D eigenvalue weighted by Gasteiger charge is -2.41. The predicted octanol–water partition coefficient (Wildman–Crippen LogP) is 0.615. The second-order valence-electron chi connectivity index (χ2n) is 8.82. The molecule has 2 atom stereocenters. The number of hydrogen-bond donors (Lipinski definition) is 0. The molecule has 32 heavy (non-hydrogen) atoms. The molecule has 0 saturated heterocycles. The van der Waals surface area contributed by atoms with Gasteiger partial charge in [0.1, 0.15) is 0 Å². The van der Waals surface area contributed by atoms with Gasteiger partial charge >= 0.3 is 0 Å². The van der Waals surface area contributed by atoms with E-state index in [1.165, 1.54) is 19.0 Å². The maximum absolute atomic E-state index is 12.9. The lowest BCUT2D eigenvalue weighted by molar-refractivity contribution is -0.139. The van der Waals surface area contributed by atoms with Gasteiger partial charge in [0.25, 0.3) is 17.7 Å². The van der Waals surface area contributed by atoms with Gasteiger partial charge in [-0.25, -0.2) is 0 Å². The molecule has 0 spiro atoms. The molecule has 0 N–H and O–H groups in total. The molecular formula is C26H16N2O4. The Morgan fingerprint density at radius 1 is 0.812 bits per heavy atom. The molecule has 4 aliphatic carbocycles. The van der Waals surface area contributed by atoms with Crippen LogP contribution in [0.1, 0.15) is 21.8 Å². The van der Waals surface area contributed by atoms with Crippen LogP contribution >= 0.6 is 0 Å². The predicted molar refractivity (Wildman–Crippen MR) is 115 cm³/mol. The number of carbonyl (C=O) groups is 4. The van der Waals surface area contributed by atoms with Crippen LogP contribution in [0, 0.1) is 5.92 Å². The summed E-state index contributed by atoms with van der Waals surface area (Å²) >= 11 is 0. The van der Waals surface area contributed by atoms with E-state index in [1.807, 2.05) is 30.4 Å². The quantitative estimate of drug-likeness (QED) is 0.577. The standard InChI is InChI=1S/C26H16N2O4/c1-27-23(29)15-7-3-11-13-5-9-17-22-18(26(32)28(2)25(17)31)10-6-14(20(13)22)12-4-8-16(24(27)30)21(15)19(11)12/h3-10,15,20H,1-2H3. The monoisotopic (exact) mass is 420 g/mol. The van der Waals surface area contributed by atoms with Gasteiger partial charge in [-0.05, 0) is 56.5 Å². The summed E-state index contributed by atoms with van der Waals surface area (Å²) in [5, 5.41) is 1.86. The van der Waals surface area contributed by atoms with Gasteiger partial charge in [0, 0.05) is 36.7 Å². The second kappa shape index (κ2) is 5.40. The molecule has 0 radical (unpaired) electrons. The summed E-state index contributed by atoms with van der Waals surface area (Å²) in [5.74, 6) is -1.82. The van der Waals surface area contributed by atoms with Crippen molar-refractivity contribution in [2.75, 3.05) is 14.1 Å². The Balaban J connectivity index is 1.64. The zero-order chi connectivity index (χ0) is 22.0. The highest BCUT2D eigenvalue weighted by atomic mass is 16.2. The average Bonchev–Trinajstić information content (AvgIpc) is 2.82. The molecule has 4 amide bonds. The first-order valence-electron chi connectivity index (χ1n) is 10.5. The van der Waals surface area contributed by atoms with E-state index in [2.05, 4.69) is 0 Å². The number of carbonyl (C=O) groups excluding carboxylic acids is 4. The van der Waals surface area contributed by atoms with E-state index in [1.54, 1.807) is 18.2 Å². The normalized spacial score (nSPS) is 26.4. The maximum Gasteiger partial charge on any atom is 0.260 e. The third-order valence-corrected chi connectivity index (χ3v) is 7.46. The molecule has 6 nitrogen and oxygen atoms in total. The molecule has 154 valence electrons. The second-order valence-corrected chi connectivity index (χ2v) is 8.82. The van der Waals surface area contributed by atoms with Crippen LogP contribution < -0.4 is 10.4 Å². The number of nitrogens with zero attached hydrogens (tertiary/aromatic N) is 2. The van der Waals surface area contributed by atoms with Crippen LogP contribution in [0.2, 0.25) is 0 Å². The van der Waals surface area contributed by atoms with Gasteiger partial charge in [0.15, 0.2) is 0 Å². The molecule has 1 aromatic rings. The largest absolute Gasteiger partial charge is 0.281 e. The van der Waals surface area contributed by atoms with E-state index in [0.717, 1.165) is 43.2 Å². The number of allylic oxidation sites excluding steroid dienone is 5. The summed E-state index contributed by atoms with van der Waals surface area (Å²) in [6.07, 6.45) is 11.3. The van der Waals surface area contributed by atoms with Crippen LogP contribution in [0.4, 0.5) is 0 Å². The van der Waals surface area contributed by atoms with Crippen LogP contribution in [0.15, 0.2) is 70.9 Å². The summed E-state index contributed by atoms with van der Waals surface area (Å²) < 4.78 is 0. The molecule has 1 aromatic carbocycles. The van der Waals surface area contributed by atoms with Crippen molar-refractivity contribution in [2.24, 2.45) is 5.92 Å². The average molecular weight is 420 g/mol. The fourth-order valence-electron chi connectivity index (χ4n) is 5.94. The Bertz CT molecular complexity index is 1580. The van der Waals surface area contributed by atoms with E-state index >= 15 is 0 Å². The van der Waals surface area contributed by atoms with Crippen LogP contribution in [0.3, 0.4) is 0 Å². The van der Waals surface area contributed by atoms with Gasteiger partial charge in [-0.1, -0.05) is 30.4 Å². The SMILES string of the molecule is CN1C(=O)C2=CC=C3C4=c5c6c(ccc5=C5C=CC(=C2C35)C1=O)C(=O)N(C)C(=O)C6C=C4. The lowest BCUT2D eigenvalue weighted by atomic mass is 9.65. The van der Waals surface area contributed by atoms with Crippen molar-refractivity contribution in [3.8, 4) is 0 Å². The van der Waals surface area contributed by atoms with E-state index in [4.69, 9.17) is 0 Å². The Labute approximate surface area is 182 Å². The molecule has 2 heterocycles. The fourth-order valence-corrected chi connectivity index (χ4v) is 5.94. The fraction of sp³-hybridized carbons (Fsp3) is 0.154. The topological polar surface area (TPSA) is 74.8 Å². The number of rotatable bonds is 0. The molecule has 2 aliphatic heterocycles. The molecule has 0 bridgehead atoms. The van der Waals surface area contributed by atoms with Crippen LogP contribution in [0.5, 0.6) is 0 Å². The Hall–Kier alpha value is -4.06. The summed E-state index contributed by atoms with van der Waals surface area (Å²) in [5.41, 5.74) is 6.08. The highest BCUT2D eigenvalue weighted by Gasteiger charge is 2.45. The summed E-state index contributed by atoms with van der Waals surface area (Å²) in [6, 6.07) is 3.73. The lowest BCUT2D eigenvalue weighted by Crippen LogP contribution is -2.51. The third kappa shape index (κ3) is 1.75. The van der Waals surface area contributed by atoms with Gasteiger partial charge in [0.05, 0.1) is 5.92 Å². The first-order chi connectivity index (χ1) is 15.4. The Morgan fingerprint density at radius 3 is 2.44 bits per heavy atom. The summed E-state index contributed by atoms with van der Waals surface area (Å²) in [6.45, 7) is 0. The van der Waals surface area contributed by atoms with Crippen molar-refractivity contribution in [2.45, 2.75) is 5.92 Å². The van der Waals surface area contributed by atoms with Crippen molar-refractivity contribution in [3.63, 3.8) is 0 Å².